The first kappa shape index (κ1) is 24.4. The molecule has 0 radical (unpaired) electrons. The summed E-state index contributed by atoms with van der Waals surface area (Å²) in [4.78, 5) is 38.5. The van der Waals surface area contributed by atoms with E-state index in [9.17, 15) is 19.6 Å². The first-order valence-corrected chi connectivity index (χ1v) is 11.4. The Labute approximate surface area is 207 Å². The summed E-state index contributed by atoms with van der Waals surface area (Å²) in [5, 5.41) is 17.3. The van der Waals surface area contributed by atoms with Gasteiger partial charge in [-0.2, -0.15) is 10.4 Å². The van der Waals surface area contributed by atoms with Gasteiger partial charge in [-0.3, -0.25) is 14.2 Å². The van der Waals surface area contributed by atoms with Crippen LogP contribution in [0, 0.1) is 25.2 Å². The first-order valence-electron chi connectivity index (χ1n) is 11.4. The molecule has 1 N–H and O–H groups in total. The fraction of sp³-hybridized carbons (Fsp3) is 0.222. The van der Waals surface area contributed by atoms with Crippen molar-refractivity contribution in [3.63, 3.8) is 0 Å². The number of anilines is 1. The fourth-order valence-corrected chi connectivity index (χ4v) is 4.04. The van der Waals surface area contributed by atoms with Crippen LogP contribution < -0.4 is 10.9 Å². The van der Waals surface area contributed by atoms with Gasteiger partial charge in [0.2, 0.25) is 0 Å². The van der Waals surface area contributed by atoms with Crippen LogP contribution in [0.2, 0.25) is 0 Å². The Kier molecular flexibility index (Phi) is 6.70. The van der Waals surface area contributed by atoms with E-state index in [1.165, 1.54) is 4.68 Å². The molecule has 182 valence electrons. The van der Waals surface area contributed by atoms with Gasteiger partial charge < -0.3 is 10.1 Å². The van der Waals surface area contributed by atoms with Crippen molar-refractivity contribution < 1.29 is 14.3 Å². The number of rotatable bonds is 6. The molecule has 2 aromatic heterocycles. The Morgan fingerprint density at radius 2 is 1.69 bits per heavy atom. The SMILES string of the molecule is Cc1c(C#N)c(NC(=O)COC(=O)c2nn(C(C)C)c(=O)c3ccccc23)n(-c2ccccc2)c1C. The number of benzene rings is 2. The normalized spacial score (nSPS) is 10.9. The molecule has 0 unspecified atom stereocenters. The number of carbonyl (C=O) groups is 2. The number of fused-ring (bicyclic) bond motifs is 1. The molecule has 4 rings (SSSR count). The average Bonchev–Trinajstić information content (AvgIpc) is 3.11. The lowest BCUT2D eigenvalue weighted by Crippen LogP contribution is -2.29. The second-order valence-electron chi connectivity index (χ2n) is 8.58. The highest BCUT2D eigenvalue weighted by molar-refractivity contribution is 6.03. The maximum Gasteiger partial charge on any atom is 0.359 e. The minimum Gasteiger partial charge on any atom is -0.451 e. The molecule has 0 aliphatic rings. The van der Waals surface area contributed by atoms with Crippen LogP contribution in [0.15, 0.2) is 59.4 Å². The van der Waals surface area contributed by atoms with Crippen molar-refractivity contribution in [2.24, 2.45) is 0 Å². The zero-order valence-electron chi connectivity index (χ0n) is 20.4. The second-order valence-corrected chi connectivity index (χ2v) is 8.58. The summed E-state index contributed by atoms with van der Waals surface area (Å²) in [6.07, 6.45) is 0. The summed E-state index contributed by atoms with van der Waals surface area (Å²) in [6, 6.07) is 17.8. The lowest BCUT2D eigenvalue weighted by Gasteiger charge is -2.14. The number of hydrogen-bond acceptors (Lipinski definition) is 6. The van der Waals surface area contributed by atoms with Crippen LogP contribution in [0.3, 0.4) is 0 Å². The maximum atomic E-state index is 12.9. The molecule has 2 heterocycles. The highest BCUT2D eigenvalue weighted by Crippen LogP contribution is 2.29. The number of carbonyl (C=O) groups excluding carboxylic acids is 2. The summed E-state index contributed by atoms with van der Waals surface area (Å²) in [5.41, 5.74) is 2.28. The van der Waals surface area contributed by atoms with Crippen LogP contribution in [0.1, 0.15) is 47.2 Å². The van der Waals surface area contributed by atoms with Crippen LogP contribution >= 0.6 is 0 Å². The van der Waals surface area contributed by atoms with Crippen molar-refractivity contribution in [1.82, 2.24) is 14.3 Å². The molecule has 0 bridgehead atoms. The molecule has 1 amide bonds. The van der Waals surface area contributed by atoms with Gasteiger partial charge in [-0.1, -0.05) is 36.4 Å². The van der Waals surface area contributed by atoms with Crippen molar-refractivity contribution in [1.29, 1.82) is 5.26 Å². The number of nitrogens with zero attached hydrogens (tertiary/aromatic N) is 4. The number of nitriles is 1. The molecule has 0 atom stereocenters. The molecule has 0 saturated carbocycles. The largest absolute Gasteiger partial charge is 0.451 e. The van der Waals surface area contributed by atoms with Crippen LogP contribution in [0.5, 0.6) is 0 Å². The van der Waals surface area contributed by atoms with E-state index in [-0.39, 0.29) is 17.3 Å². The zero-order valence-corrected chi connectivity index (χ0v) is 20.4. The monoisotopic (exact) mass is 483 g/mol. The van der Waals surface area contributed by atoms with Crippen molar-refractivity contribution in [3.8, 4) is 11.8 Å². The molecule has 36 heavy (non-hydrogen) atoms. The fourth-order valence-electron chi connectivity index (χ4n) is 4.04. The molecule has 9 nitrogen and oxygen atoms in total. The van der Waals surface area contributed by atoms with E-state index in [1.54, 1.807) is 42.7 Å². The molecule has 2 aromatic carbocycles. The van der Waals surface area contributed by atoms with Gasteiger partial charge in [0, 0.05) is 16.8 Å². The lowest BCUT2D eigenvalue weighted by atomic mass is 10.1. The van der Waals surface area contributed by atoms with Crippen molar-refractivity contribution in [2.45, 2.75) is 33.7 Å². The van der Waals surface area contributed by atoms with E-state index in [1.807, 2.05) is 44.2 Å². The van der Waals surface area contributed by atoms with E-state index < -0.39 is 18.5 Å². The van der Waals surface area contributed by atoms with E-state index in [4.69, 9.17) is 4.74 Å². The Balaban J connectivity index is 1.61. The highest BCUT2D eigenvalue weighted by atomic mass is 16.5. The smallest absolute Gasteiger partial charge is 0.359 e. The molecular weight excluding hydrogens is 458 g/mol. The number of esters is 1. The summed E-state index contributed by atoms with van der Waals surface area (Å²) < 4.78 is 8.28. The van der Waals surface area contributed by atoms with E-state index in [0.717, 1.165) is 16.9 Å². The van der Waals surface area contributed by atoms with Crippen LogP contribution in [0.25, 0.3) is 16.5 Å². The summed E-state index contributed by atoms with van der Waals surface area (Å²) in [5.74, 6) is -1.14. The third kappa shape index (κ3) is 4.36. The summed E-state index contributed by atoms with van der Waals surface area (Å²) in [6.45, 7) is 6.63. The maximum absolute atomic E-state index is 12.9. The highest BCUT2D eigenvalue weighted by Gasteiger charge is 2.23. The van der Waals surface area contributed by atoms with Crippen molar-refractivity contribution >= 4 is 28.5 Å². The Hall–Kier alpha value is -4.71. The third-order valence-corrected chi connectivity index (χ3v) is 5.94. The van der Waals surface area contributed by atoms with E-state index in [2.05, 4.69) is 16.5 Å². The van der Waals surface area contributed by atoms with Gasteiger partial charge in [0.05, 0.1) is 17.0 Å². The zero-order chi connectivity index (χ0) is 26.0. The first-order chi connectivity index (χ1) is 17.2. The van der Waals surface area contributed by atoms with Crippen molar-refractivity contribution in [2.75, 3.05) is 11.9 Å². The number of ether oxygens (including phenoxy) is 1. The minimum atomic E-state index is -0.831. The molecule has 4 aromatic rings. The van der Waals surface area contributed by atoms with Gasteiger partial charge in [-0.15, -0.1) is 0 Å². The number of para-hydroxylation sites is 1. The van der Waals surface area contributed by atoms with Crippen LogP contribution in [-0.2, 0) is 9.53 Å². The van der Waals surface area contributed by atoms with Gasteiger partial charge in [0.25, 0.3) is 11.5 Å². The standard InChI is InChI=1S/C27H25N5O4/c1-16(2)32-26(34)21-13-9-8-12-20(21)24(30-32)27(35)36-15-23(33)29-25-22(14-28)17(3)18(4)31(25)19-10-6-5-7-11-19/h5-13,16H,15H2,1-4H3,(H,29,33). The number of nitrogens with one attached hydrogen (secondary N) is 1. The van der Waals surface area contributed by atoms with E-state index >= 15 is 0 Å². The lowest BCUT2D eigenvalue weighted by molar-refractivity contribution is -0.119. The van der Waals surface area contributed by atoms with Crippen LogP contribution in [-0.4, -0.2) is 32.8 Å². The second kappa shape index (κ2) is 9.88. The van der Waals surface area contributed by atoms with Gasteiger partial charge in [0.15, 0.2) is 12.3 Å². The predicted octanol–water partition coefficient (Wildman–Crippen LogP) is 4.05. The van der Waals surface area contributed by atoms with E-state index in [0.29, 0.717) is 22.2 Å². The van der Waals surface area contributed by atoms with Gasteiger partial charge in [-0.25, -0.2) is 9.48 Å². The van der Waals surface area contributed by atoms with Gasteiger partial charge >= 0.3 is 5.97 Å². The number of aromatic nitrogens is 3. The Morgan fingerprint density at radius 1 is 1.06 bits per heavy atom. The predicted molar refractivity (Wildman–Crippen MR) is 135 cm³/mol. The van der Waals surface area contributed by atoms with Crippen LogP contribution in [0.4, 0.5) is 5.82 Å². The molecule has 0 aliphatic heterocycles. The quantitative estimate of drug-likeness (QED) is 0.413. The van der Waals surface area contributed by atoms with Crippen molar-refractivity contribution in [3.05, 3.63) is 87.5 Å². The molecule has 0 spiro atoms. The molecule has 9 heteroatoms. The van der Waals surface area contributed by atoms with Gasteiger partial charge in [0.1, 0.15) is 11.9 Å². The molecular formula is C27H25N5O4. The van der Waals surface area contributed by atoms with Gasteiger partial charge in [-0.05, 0) is 51.5 Å². The summed E-state index contributed by atoms with van der Waals surface area (Å²) >= 11 is 0. The molecule has 0 fully saturated rings. The molecule has 0 aliphatic carbocycles. The minimum absolute atomic E-state index is 0.0521. The third-order valence-electron chi connectivity index (χ3n) is 5.94. The Morgan fingerprint density at radius 3 is 2.33 bits per heavy atom. The Bertz CT molecular complexity index is 1580. The summed E-state index contributed by atoms with van der Waals surface area (Å²) in [7, 11) is 0. The molecule has 0 saturated heterocycles. The number of amides is 1. The average molecular weight is 484 g/mol. The number of hydrogen-bond donors (Lipinski definition) is 1. The topological polar surface area (TPSA) is 119 Å².